The minimum Gasteiger partial charge on any atom is -0.481 e. The zero-order valence-electron chi connectivity index (χ0n) is 22.2. The van der Waals surface area contributed by atoms with Gasteiger partial charge in [0, 0.05) is 27.9 Å². The van der Waals surface area contributed by atoms with Crippen LogP contribution in [0.5, 0.6) is 0 Å². The molecule has 8 nitrogen and oxygen atoms in total. The van der Waals surface area contributed by atoms with Gasteiger partial charge in [0.15, 0.2) is 0 Å². The summed E-state index contributed by atoms with van der Waals surface area (Å²) in [4.78, 5) is 50.4. The van der Waals surface area contributed by atoms with Crippen LogP contribution in [0.4, 0.5) is 10.7 Å². The van der Waals surface area contributed by atoms with Crippen LogP contribution in [0.25, 0.3) is 11.1 Å². The van der Waals surface area contributed by atoms with Crippen molar-refractivity contribution in [2.24, 2.45) is 0 Å². The highest BCUT2D eigenvalue weighted by Crippen LogP contribution is 2.40. The molecule has 0 radical (unpaired) electrons. The number of nitrogens with one attached hydrogen (secondary N) is 2. The van der Waals surface area contributed by atoms with Gasteiger partial charge in [0.25, 0.3) is 0 Å². The van der Waals surface area contributed by atoms with Crippen molar-refractivity contribution in [3.63, 3.8) is 0 Å². The van der Waals surface area contributed by atoms with E-state index < -0.39 is 23.1 Å². The van der Waals surface area contributed by atoms with Crippen LogP contribution >= 0.6 is 23.1 Å². The molecule has 0 aliphatic heterocycles. The number of hydrogen-bond donors (Lipinski definition) is 3. The number of amides is 2. The topological polar surface area (TPSA) is 122 Å². The fourth-order valence-electron chi connectivity index (χ4n) is 3.99. The molecule has 41 heavy (non-hydrogen) atoms. The molecule has 0 spiro atoms. The van der Waals surface area contributed by atoms with Crippen LogP contribution in [-0.4, -0.2) is 35.5 Å². The Balaban J connectivity index is 1.60. The van der Waals surface area contributed by atoms with Gasteiger partial charge in [-0.3, -0.25) is 14.4 Å². The van der Waals surface area contributed by atoms with E-state index in [0.29, 0.717) is 26.7 Å². The third-order valence-electron chi connectivity index (χ3n) is 5.87. The lowest BCUT2D eigenvalue weighted by Crippen LogP contribution is -2.20. The zero-order chi connectivity index (χ0) is 29.2. The largest absolute Gasteiger partial charge is 0.481 e. The van der Waals surface area contributed by atoms with Crippen LogP contribution in [0.15, 0.2) is 95.2 Å². The Morgan fingerprint density at radius 1 is 0.902 bits per heavy atom. The number of carboxylic acids is 1. The highest BCUT2D eigenvalue weighted by Gasteiger charge is 2.27. The van der Waals surface area contributed by atoms with E-state index in [1.165, 1.54) is 23.1 Å². The van der Waals surface area contributed by atoms with Crippen molar-refractivity contribution in [2.75, 3.05) is 17.2 Å². The SMILES string of the molecule is CCOC(=O)c1c(-c2ccccc2)csc1NC(=O)C(Sc1cccc(NC(=O)CCC(=O)O)c1)c1ccccc1. The molecule has 210 valence electrons. The van der Waals surface area contributed by atoms with Crippen molar-refractivity contribution in [3.8, 4) is 11.1 Å². The Morgan fingerprint density at radius 3 is 2.29 bits per heavy atom. The molecular weight excluding hydrogens is 560 g/mol. The van der Waals surface area contributed by atoms with Crippen LogP contribution in [-0.2, 0) is 19.1 Å². The van der Waals surface area contributed by atoms with Gasteiger partial charge in [0.1, 0.15) is 15.8 Å². The van der Waals surface area contributed by atoms with Crippen LogP contribution < -0.4 is 10.6 Å². The van der Waals surface area contributed by atoms with Crippen LogP contribution in [0, 0.1) is 0 Å². The first-order chi connectivity index (χ1) is 19.9. The second kappa shape index (κ2) is 14.3. The highest BCUT2D eigenvalue weighted by atomic mass is 32.2. The third kappa shape index (κ3) is 8.06. The van der Waals surface area contributed by atoms with E-state index in [9.17, 15) is 19.2 Å². The number of anilines is 2. The minimum atomic E-state index is -1.05. The number of esters is 1. The van der Waals surface area contributed by atoms with Gasteiger partial charge < -0.3 is 20.5 Å². The number of carbonyl (C=O) groups is 4. The molecule has 2 amide bonds. The molecule has 10 heteroatoms. The molecule has 4 rings (SSSR count). The number of ether oxygens (including phenoxy) is 1. The average Bonchev–Trinajstić information content (AvgIpc) is 3.39. The van der Waals surface area contributed by atoms with Gasteiger partial charge in [-0.15, -0.1) is 23.1 Å². The number of thioether (sulfide) groups is 1. The molecule has 3 N–H and O–H groups in total. The van der Waals surface area contributed by atoms with Gasteiger partial charge in [-0.1, -0.05) is 66.7 Å². The van der Waals surface area contributed by atoms with E-state index in [2.05, 4.69) is 10.6 Å². The van der Waals surface area contributed by atoms with Crippen LogP contribution in [0.2, 0.25) is 0 Å². The van der Waals surface area contributed by atoms with Gasteiger partial charge in [0.05, 0.1) is 13.0 Å². The summed E-state index contributed by atoms with van der Waals surface area (Å²) in [5.41, 5.74) is 3.07. The smallest absolute Gasteiger partial charge is 0.341 e. The Morgan fingerprint density at radius 2 is 1.61 bits per heavy atom. The highest BCUT2D eigenvalue weighted by molar-refractivity contribution is 8.00. The first-order valence-electron chi connectivity index (χ1n) is 12.8. The zero-order valence-corrected chi connectivity index (χ0v) is 23.8. The molecule has 0 fully saturated rings. The number of aliphatic carboxylic acids is 1. The summed E-state index contributed by atoms with van der Waals surface area (Å²) in [6.45, 7) is 1.93. The van der Waals surface area contributed by atoms with Crippen molar-refractivity contribution >= 4 is 57.5 Å². The molecule has 3 aromatic carbocycles. The fourth-order valence-corrected chi connectivity index (χ4v) is 6.04. The Bertz CT molecular complexity index is 1520. The summed E-state index contributed by atoms with van der Waals surface area (Å²) in [7, 11) is 0. The maximum atomic E-state index is 13.8. The molecule has 1 atom stereocenters. The number of carbonyl (C=O) groups excluding carboxylic acids is 3. The van der Waals surface area contributed by atoms with Crippen molar-refractivity contribution in [3.05, 3.63) is 101 Å². The van der Waals surface area contributed by atoms with Gasteiger partial charge in [-0.2, -0.15) is 0 Å². The lowest BCUT2D eigenvalue weighted by atomic mass is 10.0. The van der Waals surface area contributed by atoms with Crippen molar-refractivity contribution in [1.82, 2.24) is 0 Å². The quantitative estimate of drug-likeness (QED) is 0.122. The van der Waals surface area contributed by atoms with E-state index in [1.54, 1.807) is 25.1 Å². The predicted molar refractivity (Wildman–Crippen MR) is 161 cm³/mol. The van der Waals surface area contributed by atoms with Crippen molar-refractivity contribution < 1.29 is 29.0 Å². The van der Waals surface area contributed by atoms with E-state index >= 15 is 0 Å². The summed E-state index contributed by atoms with van der Waals surface area (Å²) in [5, 5.41) is 16.0. The number of rotatable bonds is 12. The summed E-state index contributed by atoms with van der Waals surface area (Å²) < 4.78 is 5.33. The van der Waals surface area contributed by atoms with Crippen LogP contribution in [0.1, 0.15) is 40.9 Å². The Kier molecular flexibility index (Phi) is 10.3. The lowest BCUT2D eigenvalue weighted by Gasteiger charge is -2.18. The second-order valence-electron chi connectivity index (χ2n) is 8.81. The Hall–Kier alpha value is -4.41. The molecule has 0 saturated heterocycles. The Labute approximate surface area is 245 Å². The molecule has 1 aromatic heterocycles. The molecule has 0 saturated carbocycles. The normalized spacial score (nSPS) is 11.3. The van der Waals surface area contributed by atoms with Gasteiger partial charge in [-0.25, -0.2) is 4.79 Å². The second-order valence-corrected chi connectivity index (χ2v) is 10.9. The predicted octanol–water partition coefficient (Wildman–Crippen LogP) is 6.87. The first-order valence-corrected chi connectivity index (χ1v) is 14.6. The minimum absolute atomic E-state index is 0.143. The standard InChI is InChI=1S/C31H28N2O6S2/c1-2-39-31(38)27-24(20-10-5-3-6-11-20)19-40-30(27)33-29(37)28(21-12-7-4-8-13-21)41-23-15-9-14-22(18-23)32-25(34)16-17-26(35)36/h3-15,18-19,28H,2,16-17H2,1H3,(H,32,34)(H,33,37)(H,35,36). The van der Waals surface area contributed by atoms with Gasteiger partial charge >= 0.3 is 11.9 Å². The lowest BCUT2D eigenvalue weighted by molar-refractivity contribution is -0.138. The molecule has 0 bridgehead atoms. The number of carboxylic acid groups (broad SMARTS) is 1. The monoisotopic (exact) mass is 588 g/mol. The summed E-state index contributed by atoms with van der Waals surface area (Å²) in [6, 6.07) is 25.7. The molecule has 4 aromatic rings. The van der Waals surface area contributed by atoms with Gasteiger partial charge in [0.2, 0.25) is 11.8 Å². The van der Waals surface area contributed by atoms with Crippen LogP contribution in [0.3, 0.4) is 0 Å². The average molecular weight is 589 g/mol. The maximum Gasteiger partial charge on any atom is 0.341 e. The molecular formula is C31H28N2O6S2. The van der Waals surface area contributed by atoms with E-state index in [-0.39, 0.29) is 25.4 Å². The van der Waals surface area contributed by atoms with Gasteiger partial charge in [-0.05, 0) is 36.2 Å². The molecule has 0 aliphatic rings. The molecule has 0 aliphatic carbocycles. The number of thiophene rings is 1. The maximum absolute atomic E-state index is 13.8. The molecule has 1 unspecified atom stereocenters. The fraction of sp³-hybridized carbons (Fsp3) is 0.161. The van der Waals surface area contributed by atoms with E-state index in [0.717, 1.165) is 11.1 Å². The van der Waals surface area contributed by atoms with E-state index in [1.807, 2.05) is 72.1 Å². The summed E-state index contributed by atoms with van der Waals surface area (Å²) in [6.07, 6.45) is -0.407. The molecule has 1 heterocycles. The number of hydrogen-bond acceptors (Lipinski definition) is 7. The van der Waals surface area contributed by atoms with Crippen molar-refractivity contribution in [1.29, 1.82) is 0 Å². The first kappa shape index (κ1) is 29.6. The summed E-state index contributed by atoms with van der Waals surface area (Å²) >= 11 is 2.54. The third-order valence-corrected chi connectivity index (χ3v) is 8.01. The van der Waals surface area contributed by atoms with E-state index in [4.69, 9.17) is 9.84 Å². The van der Waals surface area contributed by atoms with Crippen molar-refractivity contribution in [2.45, 2.75) is 29.9 Å². The summed E-state index contributed by atoms with van der Waals surface area (Å²) in [5.74, 6) is -2.30. The number of benzene rings is 3.